The molecular formula is C8H14BrNO. The van der Waals surface area contributed by atoms with Crippen molar-refractivity contribution in [2.75, 3.05) is 18.9 Å². The van der Waals surface area contributed by atoms with E-state index in [2.05, 4.69) is 15.9 Å². The number of hydrogen-bond acceptors (Lipinski definition) is 1. The van der Waals surface area contributed by atoms with Gasteiger partial charge in [-0.1, -0.05) is 22.4 Å². The number of carbonyl (C=O) groups is 1. The van der Waals surface area contributed by atoms with Crippen LogP contribution in [-0.2, 0) is 4.79 Å². The van der Waals surface area contributed by atoms with Gasteiger partial charge in [0.25, 0.3) is 0 Å². The molecule has 0 aliphatic heterocycles. The van der Waals surface area contributed by atoms with Crippen molar-refractivity contribution in [3.63, 3.8) is 0 Å². The molecule has 1 amide bonds. The highest BCUT2D eigenvalue weighted by molar-refractivity contribution is 9.09. The molecular weight excluding hydrogens is 206 g/mol. The van der Waals surface area contributed by atoms with Crippen molar-refractivity contribution < 1.29 is 4.79 Å². The first kappa shape index (κ1) is 9.04. The molecule has 1 aliphatic carbocycles. The fourth-order valence-electron chi connectivity index (χ4n) is 1.27. The molecule has 1 aliphatic rings. The van der Waals surface area contributed by atoms with Crippen molar-refractivity contribution in [3.05, 3.63) is 0 Å². The molecule has 0 unspecified atom stereocenters. The Morgan fingerprint density at radius 1 is 1.64 bits per heavy atom. The molecule has 0 bridgehead atoms. The van der Waals surface area contributed by atoms with Gasteiger partial charge in [-0.05, 0) is 18.8 Å². The number of alkyl halides is 1. The predicted octanol–water partition coefficient (Wildman–Crippen LogP) is 1.64. The fourth-order valence-corrected chi connectivity index (χ4v) is 1.69. The molecule has 2 nitrogen and oxygen atoms in total. The van der Waals surface area contributed by atoms with Gasteiger partial charge < -0.3 is 4.90 Å². The van der Waals surface area contributed by atoms with Gasteiger partial charge in [-0.3, -0.25) is 4.79 Å². The van der Waals surface area contributed by atoms with Crippen molar-refractivity contribution >= 4 is 21.8 Å². The van der Waals surface area contributed by atoms with E-state index in [4.69, 9.17) is 0 Å². The molecule has 0 heterocycles. The van der Waals surface area contributed by atoms with Crippen LogP contribution in [0.3, 0.4) is 0 Å². The molecule has 0 N–H and O–H groups in total. The Kier molecular flexibility index (Phi) is 3.37. The van der Waals surface area contributed by atoms with Crippen LogP contribution < -0.4 is 0 Å². The van der Waals surface area contributed by atoms with Gasteiger partial charge in [0.1, 0.15) is 0 Å². The van der Waals surface area contributed by atoms with E-state index in [0.717, 1.165) is 12.5 Å². The third kappa shape index (κ3) is 2.47. The maximum atomic E-state index is 11.1. The van der Waals surface area contributed by atoms with Gasteiger partial charge >= 0.3 is 0 Å². The SMILES string of the molecule is CN(CC1CCC1)C(=O)CBr. The van der Waals surface area contributed by atoms with Crippen LogP contribution in [0.4, 0.5) is 0 Å². The van der Waals surface area contributed by atoms with Crippen LogP contribution in [0.5, 0.6) is 0 Å². The molecule has 0 saturated heterocycles. The predicted molar refractivity (Wildman–Crippen MR) is 48.8 cm³/mol. The summed E-state index contributed by atoms with van der Waals surface area (Å²) in [7, 11) is 1.88. The monoisotopic (exact) mass is 219 g/mol. The van der Waals surface area contributed by atoms with Crippen LogP contribution >= 0.6 is 15.9 Å². The zero-order valence-corrected chi connectivity index (χ0v) is 8.43. The third-order valence-electron chi connectivity index (χ3n) is 2.30. The van der Waals surface area contributed by atoms with E-state index in [-0.39, 0.29) is 5.91 Å². The average Bonchev–Trinajstić information content (AvgIpc) is 1.94. The number of halogens is 1. The van der Waals surface area contributed by atoms with E-state index >= 15 is 0 Å². The smallest absolute Gasteiger partial charge is 0.232 e. The highest BCUT2D eigenvalue weighted by Gasteiger charge is 2.20. The van der Waals surface area contributed by atoms with Gasteiger partial charge in [0.2, 0.25) is 5.91 Å². The highest BCUT2D eigenvalue weighted by Crippen LogP contribution is 2.26. The topological polar surface area (TPSA) is 20.3 Å². The zero-order valence-electron chi connectivity index (χ0n) is 6.85. The first-order valence-corrected chi connectivity index (χ1v) is 5.16. The molecule has 1 rings (SSSR count). The minimum atomic E-state index is 0.192. The number of amides is 1. The second-order valence-corrected chi connectivity index (χ2v) is 3.77. The molecule has 1 fully saturated rings. The minimum Gasteiger partial charge on any atom is -0.345 e. The third-order valence-corrected chi connectivity index (χ3v) is 2.78. The van der Waals surface area contributed by atoms with E-state index in [1.165, 1.54) is 19.3 Å². The second kappa shape index (κ2) is 4.10. The van der Waals surface area contributed by atoms with Crippen LogP contribution in [0.25, 0.3) is 0 Å². The maximum Gasteiger partial charge on any atom is 0.232 e. The van der Waals surface area contributed by atoms with Crippen LogP contribution in [0.2, 0.25) is 0 Å². The van der Waals surface area contributed by atoms with Gasteiger partial charge in [-0.2, -0.15) is 0 Å². The summed E-state index contributed by atoms with van der Waals surface area (Å²) in [6.45, 7) is 0.949. The quantitative estimate of drug-likeness (QED) is 0.662. The first-order chi connectivity index (χ1) is 5.24. The van der Waals surface area contributed by atoms with Crippen LogP contribution in [0, 0.1) is 5.92 Å². The Balaban J connectivity index is 2.18. The van der Waals surface area contributed by atoms with Crippen molar-refractivity contribution in [2.45, 2.75) is 19.3 Å². The number of rotatable bonds is 3. The van der Waals surface area contributed by atoms with Gasteiger partial charge in [-0.15, -0.1) is 0 Å². The molecule has 64 valence electrons. The summed E-state index contributed by atoms with van der Waals surface area (Å²) >= 11 is 3.15. The van der Waals surface area contributed by atoms with E-state index in [0.29, 0.717) is 5.33 Å². The van der Waals surface area contributed by atoms with Crippen LogP contribution in [0.1, 0.15) is 19.3 Å². The average molecular weight is 220 g/mol. The van der Waals surface area contributed by atoms with Gasteiger partial charge in [-0.25, -0.2) is 0 Å². The summed E-state index contributed by atoms with van der Waals surface area (Å²) < 4.78 is 0. The largest absolute Gasteiger partial charge is 0.345 e. The Morgan fingerprint density at radius 2 is 2.27 bits per heavy atom. The van der Waals surface area contributed by atoms with E-state index in [9.17, 15) is 4.79 Å². The first-order valence-electron chi connectivity index (χ1n) is 4.04. The van der Waals surface area contributed by atoms with Crippen LogP contribution in [0.15, 0.2) is 0 Å². The summed E-state index contributed by atoms with van der Waals surface area (Å²) in [5.41, 5.74) is 0. The molecule has 0 spiro atoms. The molecule has 0 atom stereocenters. The summed E-state index contributed by atoms with van der Waals surface area (Å²) in [5, 5.41) is 0.455. The zero-order chi connectivity index (χ0) is 8.27. The molecule has 0 radical (unpaired) electrons. The van der Waals surface area contributed by atoms with Crippen molar-refractivity contribution in [1.82, 2.24) is 4.90 Å². The summed E-state index contributed by atoms with van der Waals surface area (Å²) in [6.07, 6.45) is 3.96. The number of hydrogen-bond donors (Lipinski definition) is 0. The van der Waals surface area contributed by atoms with Crippen molar-refractivity contribution in [1.29, 1.82) is 0 Å². The highest BCUT2D eigenvalue weighted by atomic mass is 79.9. The van der Waals surface area contributed by atoms with E-state index in [1.54, 1.807) is 0 Å². The van der Waals surface area contributed by atoms with Gasteiger partial charge in [0.05, 0.1) is 5.33 Å². The summed E-state index contributed by atoms with van der Waals surface area (Å²) in [4.78, 5) is 12.9. The van der Waals surface area contributed by atoms with Crippen LogP contribution in [-0.4, -0.2) is 29.7 Å². The molecule has 0 aromatic heterocycles. The Hall–Kier alpha value is -0.0500. The molecule has 0 aromatic rings. The minimum absolute atomic E-state index is 0.192. The standard InChI is InChI=1S/C8H14BrNO/c1-10(8(11)5-9)6-7-3-2-4-7/h7H,2-6H2,1H3. The fraction of sp³-hybridized carbons (Fsp3) is 0.875. The normalized spacial score (nSPS) is 17.6. The number of carbonyl (C=O) groups excluding carboxylic acids is 1. The Morgan fingerprint density at radius 3 is 2.64 bits per heavy atom. The summed E-state index contributed by atoms with van der Waals surface area (Å²) in [6, 6.07) is 0. The lowest BCUT2D eigenvalue weighted by atomic mass is 9.85. The lowest BCUT2D eigenvalue weighted by Gasteiger charge is -2.29. The van der Waals surface area contributed by atoms with Crippen molar-refractivity contribution in [3.8, 4) is 0 Å². The molecule has 3 heteroatoms. The van der Waals surface area contributed by atoms with E-state index < -0.39 is 0 Å². The van der Waals surface area contributed by atoms with Crippen molar-refractivity contribution in [2.24, 2.45) is 5.92 Å². The Bertz CT molecular complexity index is 145. The second-order valence-electron chi connectivity index (χ2n) is 3.20. The number of nitrogens with zero attached hydrogens (tertiary/aromatic N) is 1. The molecule has 11 heavy (non-hydrogen) atoms. The summed E-state index contributed by atoms with van der Waals surface area (Å²) in [5.74, 6) is 0.972. The van der Waals surface area contributed by atoms with E-state index in [1.807, 2.05) is 11.9 Å². The Labute approximate surface area is 76.1 Å². The lowest BCUT2D eigenvalue weighted by molar-refractivity contribution is -0.127. The molecule has 1 saturated carbocycles. The van der Waals surface area contributed by atoms with Gasteiger partial charge in [0.15, 0.2) is 0 Å². The lowest BCUT2D eigenvalue weighted by Crippen LogP contribution is -2.34. The maximum absolute atomic E-state index is 11.1. The molecule has 0 aromatic carbocycles. The van der Waals surface area contributed by atoms with Gasteiger partial charge in [0, 0.05) is 13.6 Å².